The molecule has 1 atom stereocenters. The molecule has 182 valence electrons. The summed E-state index contributed by atoms with van der Waals surface area (Å²) < 4.78 is 47.0. The Morgan fingerprint density at radius 3 is 2.53 bits per heavy atom. The molecule has 0 spiro atoms. The smallest absolute Gasteiger partial charge is 0.419 e. The number of aromatic nitrogens is 2. The van der Waals surface area contributed by atoms with Crippen LogP contribution in [0.1, 0.15) is 44.6 Å². The molecule has 1 aliphatic carbocycles. The number of benzene rings is 1. The zero-order chi connectivity index (χ0) is 24.5. The Morgan fingerprint density at radius 1 is 1.18 bits per heavy atom. The highest BCUT2D eigenvalue weighted by atomic mass is 19.4. The molecule has 7 nitrogen and oxygen atoms in total. The number of carbonyl (C=O) groups excluding carboxylic acids is 2. The quantitative estimate of drug-likeness (QED) is 0.624. The van der Waals surface area contributed by atoms with Gasteiger partial charge in [0, 0.05) is 31.4 Å². The van der Waals surface area contributed by atoms with Gasteiger partial charge in [0.2, 0.25) is 0 Å². The van der Waals surface area contributed by atoms with E-state index in [1.165, 1.54) is 23.1 Å². The molecule has 0 radical (unpaired) electrons. The molecule has 2 aliphatic rings. The number of para-hydroxylation sites is 1. The first kappa shape index (κ1) is 23.8. The Bertz CT molecular complexity index is 1090. The SMILES string of the molecule is CC(C(=O)N(c1ccn(C)n1)C1CCCCC1)N1CC(Oc2ccccc2C(F)(F)F)=CC1=O. The van der Waals surface area contributed by atoms with Gasteiger partial charge in [-0.1, -0.05) is 31.4 Å². The Labute approximate surface area is 195 Å². The highest BCUT2D eigenvalue weighted by Crippen LogP contribution is 2.37. The number of hydrogen-bond acceptors (Lipinski definition) is 4. The third-order valence-electron chi connectivity index (χ3n) is 6.28. The first-order valence-electron chi connectivity index (χ1n) is 11.3. The molecule has 10 heteroatoms. The van der Waals surface area contributed by atoms with Crippen molar-refractivity contribution in [2.75, 3.05) is 11.4 Å². The summed E-state index contributed by atoms with van der Waals surface area (Å²) in [5.74, 6) is -0.550. The van der Waals surface area contributed by atoms with Crippen LogP contribution in [0.25, 0.3) is 0 Å². The van der Waals surface area contributed by atoms with Gasteiger partial charge in [-0.25, -0.2) is 0 Å². The average Bonchev–Trinajstić information content (AvgIpc) is 3.38. The van der Waals surface area contributed by atoms with Crippen LogP contribution in [0.4, 0.5) is 19.0 Å². The lowest BCUT2D eigenvalue weighted by Gasteiger charge is -2.36. The molecule has 2 aromatic rings. The summed E-state index contributed by atoms with van der Waals surface area (Å²) in [6.07, 6.45) is 3.15. The van der Waals surface area contributed by atoms with E-state index in [4.69, 9.17) is 4.74 Å². The van der Waals surface area contributed by atoms with Crippen LogP contribution in [0.2, 0.25) is 0 Å². The second kappa shape index (κ2) is 9.52. The maximum absolute atomic E-state index is 13.6. The van der Waals surface area contributed by atoms with E-state index < -0.39 is 23.7 Å². The molecule has 1 aliphatic heterocycles. The topological polar surface area (TPSA) is 67.7 Å². The van der Waals surface area contributed by atoms with Crippen molar-refractivity contribution in [2.24, 2.45) is 7.05 Å². The third-order valence-corrected chi connectivity index (χ3v) is 6.28. The van der Waals surface area contributed by atoms with Crippen LogP contribution in [0, 0.1) is 0 Å². The standard InChI is InChI=1S/C24H27F3N4O3/c1-16(23(33)31(17-8-4-3-5-9-17)21-12-13-29(2)28-21)30-15-18(14-22(30)32)34-20-11-7-6-10-19(20)24(25,26)27/h6-7,10-14,16-17H,3-5,8-9,15H2,1-2H3. The summed E-state index contributed by atoms with van der Waals surface area (Å²) in [6.45, 7) is 1.53. The van der Waals surface area contributed by atoms with Crippen LogP contribution in [0.15, 0.2) is 48.4 Å². The minimum atomic E-state index is -4.59. The summed E-state index contributed by atoms with van der Waals surface area (Å²) in [4.78, 5) is 29.3. The van der Waals surface area contributed by atoms with Crippen molar-refractivity contribution < 1.29 is 27.5 Å². The fourth-order valence-corrected chi connectivity index (χ4v) is 4.52. The van der Waals surface area contributed by atoms with Gasteiger partial charge in [0.25, 0.3) is 11.8 Å². The van der Waals surface area contributed by atoms with Gasteiger partial charge in [-0.3, -0.25) is 19.2 Å². The summed E-state index contributed by atoms with van der Waals surface area (Å²) in [5.41, 5.74) is -0.926. The molecular formula is C24H27F3N4O3. The van der Waals surface area contributed by atoms with Gasteiger partial charge in [0.15, 0.2) is 5.82 Å². The normalized spacial score (nSPS) is 18.1. The van der Waals surface area contributed by atoms with Crippen molar-refractivity contribution in [1.82, 2.24) is 14.7 Å². The van der Waals surface area contributed by atoms with E-state index in [1.54, 1.807) is 35.8 Å². The maximum atomic E-state index is 13.6. The fraction of sp³-hybridized carbons (Fsp3) is 0.458. The zero-order valence-corrected chi connectivity index (χ0v) is 19.1. The van der Waals surface area contributed by atoms with Gasteiger partial charge in [-0.2, -0.15) is 18.3 Å². The predicted molar refractivity (Wildman–Crippen MR) is 119 cm³/mol. The predicted octanol–water partition coefficient (Wildman–Crippen LogP) is 4.30. The highest BCUT2D eigenvalue weighted by molar-refractivity contribution is 6.01. The van der Waals surface area contributed by atoms with Crippen LogP contribution in [0.3, 0.4) is 0 Å². The summed E-state index contributed by atoms with van der Waals surface area (Å²) in [7, 11) is 1.77. The lowest BCUT2D eigenvalue weighted by atomic mass is 9.93. The molecule has 34 heavy (non-hydrogen) atoms. The Kier molecular flexibility index (Phi) is 6.67. The second-order valence-corrected chi connectivity index (χ2v) is 8.70. The second-order valence-electron chi connectivity index (χ2n) is 8.70. The average molecular weight is 476 g/mol. The van der Waals surface area contributed by atoms with Crippen LogP contribution in [-0.2, 0) is 22.8 Å². The molecule has 1 unspecified atom stereocenters. The van der Waals surface area contributed by atoms with E-state index in [0.29, 0.717) is 5.82 Å². The number of rotatable bonds is 6. The maximum Gasteiger partial charge on any atom is 0.419 e. The Balaban J connectivity index is 1.51. The molecule has 2 heterocycles. The molecule has 0 saturated heterocycles. The molecule has 0 bridgehead atoms. The molecule has 1 fully saturated rings. The first-order chi connectivity index (χ1) is 16.1. The highest BCUT2D eigenvalue weighted by Gasteiger charge is 2.39. The number of ether oxygens (including phenoxy) is 1. The van der Waals surface area contributed by atoms with Crippen molar-refractivity contribution >= 4 is 17.6 Å². The Morgan fingerprint density at radius 2 is 1.88 bits per heavy atom. The zero-order valence-electron chi connectivity index (χ0n) is 19.1. The molecular weight excluding hydrogens is 449 g/mol. The number of amides is 2. The van der Waals surface area contributed by atoms with E-state index in [2.05, 4.69) is 5.10 Å². The van der Waals surface area contributed by atoms with Gasteiger partial charge in [-0.15, -0.1) is 0 Å². The lowest BCUT2D eigenvalue weighted by molar-refractivity contribution is -0.138. The molecule has 1 aromatic carbocycles. The van der Waals surface area contributed by atoms with E-state index in [0.717, 1.165) is 44.2 Å². The van der Waals surface area contributed by atoms with Crippen LogP contribution in [-0.4, -0.2) is 45.1 Å². The minimum Gasteiger partial charge on any atom is -0.459 e. The van der Waals surface area contributed by atoms with Gasteiger partial charge >= 0.3 is 6.18 Å². The monoisotopic (exact) mass is 476 g/mol. The molecule has 4 rings (SSSR count). The molecule has 1 saturated carbocycles. The van der Waals surface area contributed by atoms with Crippen molar-refractivity contribution in [1.29, 1.82) is 0 Å². The van der Waals surface area contributed by atoms with Crippen molar-refractivity contribution in [3.63, 3.8) is 0 Å². The van der Waals surface area contributed by atoms with Crippen LogP contribution >= 0.6 is 0 Å². The third kappa shape index (κ3) is 4.95. The largest absolute Gasteiger partial charge is 0.459 e. The van der Waals surface area contributed by atoms with Gasteiger partial charge in [-0.05, 0) is 31.9 Å². The van der Waals surface area contributed by atoms with Crippen LogP contribution < -0.4 is 9.64 Å². The minimum absolute atomic E-state index is 0.0151. The van der Waals surface area contributed by atoms with Crippen LogP contribution in [0.5, 0.6) is 5.75 Å². The fourth-order valence-electron chi connectivity index (χ4n) is 4.52. The number of halogens is 3. The number of aryl methyl sites for hydroxylation is 1. The van der Waals surface area contributed by atoms with E-state index in [1.807, 2.05) is 0 Å². The van der Waals surface area contributed by atoms with Crippen molar-refractivity contribution in [2.45, 2.75) is 57.3 Å². The molecule has 2 amide bonds. The Hall–Kier alpha value is -3.30. The molecule has 1 aromatic heterocycles. The number of carbonyl (C=O) groups is 2. The van der Waals surface area contributed by atoms with Crippen molar-refractivity contribution in [3.8, 4) is 5.75 Å². The van der Waals surface area contributed by atoms with Gasteiger partial charge in [0.1, 0.15) is 17.6 Å². The van der Waals surface area contributed by atoms with Gasteiger partial charge < -0.3 is 9.64 Å². The van der Waals surface area contributed by atoms with Gasteiger partial charge in [0.05, 0.1) is 12.1 Å². The number of alkyl halides is 3. The lowest BCUT2D eigenvalue weighted by Crippen LogP contribution is -2.52. The summed E-state index contributed by atoms with van der Waals surface area (Å²) >= 11 is 0. The van der Waals surface area contributed by atoms with E-state index >= 15 is 0 Å². The van der Waals surface area contributed by atoms with E-state index in [9.17, 15) is 22.8 Å². The van der Waals surface area contributed by atoms with Crippen molar-refractivity contribution in [3.05, 3.63) is 53.9 Å². The number of nitrogens with zero attached hydrogens (tertiary/aromatic N) is 4. The van der Waals surface area contributed by atoms with E-state index in [-0.39, 0.29) is 30.0 Å². The number of anilines is 1. The summed E-state index contributed by atoms with van der Waals surface area (Å²) in [5, 5.41) is 4.41. The summed E-state index contributed by atoms with van der Waals surface area (Å²) in [6, 6.07) is 5.74. The number of hydrogen-bond donors (Lipinski definition) is 0. The molecule has 0 N–H and O–H groups in total. The first-order valence-corrected chi connectivity index (χ1v) is 11.3.